The van der Waals surface area contributed by atoms with Crippen LogP contribution in [0.15, 0.2) is 65.8 Å². The predicted octanol–water partition coefficient (Wildman–Crippen LogP) is 2.92. The van der Waals surface area contributed by atoms with Crippen LogP contribution in [0.4, 0.5) is 0 Å². The van der Waals surface area contributed by atoms with E-state index < -0.39 is 0 Å². The van der Waals surface area contributed by atoms with Gasteiger partial charge in [0.15, 0.2) is 5.43 Å². The van der Waals surface area contributed by atoms with Gasteiger partial charge in [-0.15, -0.1) is 0 Å². The molecule has 0 amide bonds. The van der Waals surface area contributed by atoms with Crippen LogP contribution < -0.4 is 5.43 Å². The number of nitrogens with zero attached hydrogens (tertiary/aromatic N) is 4. The molecule has 0 aliphatic carbocycles. The van der Waals surface area contributed by atoms with Gasteiger partial charge in [0, 0.05) is 29.4 Å². The van der Waals surface area contributed by atoms with E-state index in [2.05, 4.69) is 30.4 Å². The summed E-state index contributed by atoms with van der Waals surface area (Å²) in [7, 11) is 0. The SMILES string of the molecule is O=c1cc[nH]c2nc(-c3cn[nH]n3)c(-c3ccc4ncccc4c3)cc12. The predicted molar refractivity (Wildman–Crippen MR) is 98.5 cm³/mol. The number of hydrogen-bond acceptors (Lipinski definition) is 5. The van der Waals surface area contributed by atoms with Crippen LogP contribution in [0.3, 0.4) is 0 Å². The first kappa shape index (κ1) is 14.5. The molecule has 0 fully saturated rings. The van der Waals surface area contributed by atoms with Crippen molar-refractivity contribution in [2.45, 2.75) is 0 Å². The maximum absolute atomic E-state index is 12.3. The number of nitrogens with one attached hydrogen (secondary N) is 2. The van der Waals surface area contributed by atoms with E-state index in [9.17, 15) is 4.79 Å². The molecule has 7 heteroatoms. The molecule has 4 aromatic heterocycles. The average molecular weight is 340 g/mol. The Kier molecular flexibility index (Phi) is 3.11. The molecule has 0 saturated heterocycles. The number of aromatic nitrogens is 6. The number of hydrogen-bond donors (Lipinski definition) is 2. The molecule has 2 N–H and O–H groups in total. The first-order valence-electron chi connectivity index (χ1n) is 8.03. The topological polar surface area (TPSA) is 100 Å². The number of rotatable bonds is 2. The molecule has 124 valence electrons. The molecule has 0 aliphatic heterocycles. The van der Waals surface area contributed by atoms with E-state index in [0.717, 1.165) is 22.0 Å². The number of pyridine rings is 3. The van der Waals surface area contributed by atoms with Gasteiger partial charge in [-0.25, -0.2) is 4.98 Å². The maximum atomic E-state index is 12.3. The fraction of sp³-hybridized carbons (Fsp3) is 0. The summed E-state index contributed by atoms with van der Waals surface area (Å²) in [5, 5.41) is 12.2. The lowest BCUT2D eigenvalue weighted by atomic mass is 9.99. The van der Waals surface area contributed by atoms with E-state index in [0.29, 0.717) is 22.4 Å². The van der Waals surface area contributed by atoms with Crippen molar-refractivity contribution in [1.29, 1.82) is 0 Å². The highest BCUT2D eigenvalue weighted by Crippen LogP contribution is 2.32. The number of H-pyrrole nitrogens is 2. The zero-order valence-corrected chi connectivity index (χ0v) is 13.5. The zero-order valence-electron chi connectivity index (χ0n) is 13.5. The second-order valence-electron chi connectivity index (χ2n) is 5.89. The smallest absolute Gasteiger partial charge is 0.191 e. The van der Waals surface area contributed by atoms with Crippen molar-refractivity contribution >= 4 is 21.9 Å². The van der Waals surface area contributed by atoms with Gasteiger partial charge in [0.25, 0.3) is 0 Å². The first-order chi connectivity index (χ1) is 12.8. The number of aromatic amines is 2. The van der Waals surface area contributed by atoms with Gasteiger partial charge in [-0.1, -0.05) is 12.1 Å². The van der Waals surface area contributed by atoms with Crippen LogP contribution in [0, 0.1) is 0 Å². The van der Waals surface area contributed by atoms with Gasteiger partial charge in [0.05, 0.1) is 17.1 Å². The number of fused-ring (bicyclic) bond motifs is 2. The third-order valence-electron chi connectivity index (χ3n) is 4.31. The summed E-state index contributed by atoms with van der Waals surface area (Å²) < 4.78 is 0. The minimum atomic E-state index is -0.0818. The summed E-state index contributed by atoms with van der Waals surface area (Å²) >= 11 is 0. The molecular formula is C19H12N6O. The van der Waals surface area contributed by atoms with Crippen molar-refractivity contribution in [1.82, 2.24) is 30.4 Å². The van der Waals surface area contributed by atoms with Crippen molar-refractivity contribution in [3.63, 3.8) is 0 Å². The lowest BCUT2D eigenvalue weighted by Gasteiger charge is -2.10. The van der Waals surface area contributed by atoms with Crippen molar-refractivity contribution in [3.8, 4) is 22.5 Å². The standard InChI is InChI=1S/C19H12N6O/c26-17-5-7-21-19-14(17)9-13(18(23-19)16-10-22-25-24-16)11-3-4-15-12(8-11)2-1-6-20-15/h1-10H,(H,21,23,26)(H,22,24,25). The van der Waals surface area contributed by atoms with Gasteiger partial charge in [-0.2, -0.15) is 15.4 Å². The molecule has 0 unspecified atom stereocenters. The van der Waals surface area contributed by atoms with Gasteiger partial charge < -0.3 is 4.98 Å². The Hall–Kier alpha value is -3.87. The van der Waals surface area contributed by atoms with Crippen LogP contribution in [0.1, 0.15) is 0 Å². The van der Waals surface area contributed by atoms with Gasteiger partial charge >= 0.3 is 0 Å². The van der Waals surface area contributed by atoms with Crippen LogP contribution >= 0.6 is 0 Å². The Morgan fingerprint density at radius 1 is 1.04 bits per heavy atom. The molecule has 26 heavy (non-hydrogen) atoms. The first-order valence-corrected chi connectivity index (χ1v) is 8.03. The van der Waals surface area contributed by atoms with Crippen molar-refractivity contribution in [3.05, 3.63) is 71.3 Å². The van der Waals surface area contributed by atoms with E-state index in [4.69, 9.17) is 0 Å². The third kappa shape index (κ3) is 2.26. The van der Waals surface area contributed by atoms with Gasteiger partial charge in [-0.05, 0) is 29.8 Å². The second kappa shape index (κ2) is 5.59. The van der Waals surface area contributed by atoms with Gasteiger partial charge in [0.2, 0.25) is 0 Å². The lowest BCUT2D eigenvalue weighted by molar-refractivity contribution is 0.941. The lowest BCUT2D eigenvalue weighted by Crippen LogP contribution is -2.03. The normalized spacial score (nSPS) is 11.2. The summed E-state index contributed by atoms with van der Waals surface area (Å²) in [4.78, 5) is 24.3. The minimum absolute atomic E-state index is 0.0818. The molecule has 0 bridgehead atoms. The van der Waals surface area contributed by atoms with Gasteiger partial charge in [-0.3, -0.25) is 9.78 Å². The number of benzene rings is 1. The van der Waals surface area contributed by atoms with Crippen LogP contribution in [0.2, 0.25) is 0 Å². The summed E-state index contributed by atoms with van der Waals surface area (Å²) in [6.45, 7) is 0. The summed E-state index contributed by atoms with van der Waals surface area (Å²) in [5.41, 5.74) is 4.35. The van der Waals surface area contributed by atoms with Crippen LogP contribution in [0.5, 0.6) is 0 Å². The summed E-state index contributed by atoms with van der Waals surface area (Å²) in [6, 6.07) is 13.2. The quantitative estimate of drug-likeness (QED) is 0.514. The van der Waals surface area contributed by atoms with Crippen molar-refractivity contribution in [2.24, 2.45) is 0 Å². The Morgan fingerprint density at radius 3 is 2.88 bits per heavy atom. The Bertz CT molecular complexity index is 1310. The fourth-order valence-electron chi connectivity index (χ4n) is 3.07. The minimum Gasteiger partial charge on any atom is -0.346 e. The van der Waals surface area contributed by atoms with E-state index in [1.807, 2.05) is 36.4 Å². The van der Waals surface area contributed by atoms with E-state index >= 15 is 0 Å². The molecule has 0 radical (unpaired) electrons. The van der Waals surface area contributed by atoms with E-state index in [1.165, 1.54) is 6.07 Å². The molecule has 0 aliphatic rings. The second-order valence-corrected chi connectivity index (χ2v) is 5.89. The molecule has 5 rings (SSSR count). The van der Waals surface area contributed by atoms with E-state index in [-0.39, 0.29) is 5.43 Å². The molecule has 5 aromatic rings. The Balaban J connectivity index is 1.85. The van der Waals surface area contributed by atoms with Crippen LogP contribution in [-0.2, 0) is 0 Å². The molecule has 0 atom stereocenters. The molecule has 1 aromatic carbocycles. The fourth-order valence-corrected chi connectivity index (χ4v) is 3.07. The van der Waals surface area contributed by atoms with Crippen LogP contribution in [-0.4, -0.2) is 30.4 Å². The highest BCUT2D eigenvalue weighted by atomic mass is 16.1. The molecule has 0 spiro atoms. The summed E-state index contributed by atoms with van der Waals surface area (Å²) in [6.07, 6.45) is 4.97. The van der Waals surface area contributed by atoms with Crippen molar-refractivity contribution in [2.75, 3.05) is 0 Å². The highest BCUT2D eigenvalue weighted by molar-refractivity contribution is 5.92. The third-order valence-corrected chi connectivity index (χ3v) is 4.31. The summed E-state index contributed by atoms with van der Waals surface area (Å²) in [5.74, 6) is 0. The molecule has 4 heterocycles. The van der Waals surface area contributed by atoms with Crippen LogP contribution in [0.25, 0.3) is 44.5 Å². The van der Waals surface area contributed by atoms with E-state index in [1.54, 1.807) is 18.6 Å². The average Bonchev–Trinajstić information content (AvgIpc) is 3.22. The Labute approximate surface area is 146 Å². The highest BCUT2D eigenvalue weighted by Gasteiger charge is 2.15. The largest absolute Gasteiger partial charge is 0.346 e. The van der Waals surface area contributed by atoms with Crippen molar-refractivity contribution < 1.29 is 0 Å². The Morgan fingerprint density at radius 2 is 2.00 bits per heavy atom. The molecule has 7 nitrogen and oxygen atoms in total. The monoisotopic (exact) mass is 340 g/mol. The molecular weight excluding hydrogens is 328 g/mol. The maximum Gasteiger partial charge on any atom is 0.191 e. The zero-order chi connectivity index (χ0) is 17.5. The molecule has 0 saturated carbocycles. The van der Waals surface area contributed by atoms with Gasteiger partial charge in [0.1, 0.15) is 17.0 Å².